The lowest BCUT2D eigenvalue weighted by Crippen LogP contribution is -2.28. The quantitative estimate of drug-likeness (QED) is 0.825. The van der Waals surface area contributed by atoms with Crippen LogP contribution in [0.25, 0.3) is 0 Å². The highest BCUT2D eigenvalue weighted by atomic mass is 16.1. The standard InChI is InChI=1S/C22H30N4O/c1-16(2)24-21-19(22(27)23-3)15-18-10-13-26(14-11-20(18)25-21)12-9-17-7-5-4-6-8-17/h4-8,15-16H,9-14H2,1-3H3,(H,23,27)(H,24,25). The van der Waals surface area contributed by atoms with E-state index in [1.54, 1.807) is 7.05 Å². The van der Waals surface area contributed by atoms with E-state index in [-0.39, 0.29) is 11.9 Å². The zero-order valence-electron chi connectivity index (χ0n) is 16.6. The summed E-state index contributed by atoms with van der Waals surface area (Å²) in [4.78, 5) is 19.6. The summed E-state index contributed by atoms with van der Waals surface area (Å²) >= 11 is 0. The van der Waals surface area contributed by atoms with E-state index in [4.69, 9.17) is 4.98 Å². The summed E-state index contributed by atoms with van der Waals surface area (Å²) < 4.78 is 0. The predicted molar refractivity (Wildman–Crippen MR) is 110 cm³/mol. The molecule has 0 unspecified atom stereocenters. The molecule has 0 saturated carbocycles. The third kappa shape index (κ3) is 5.07. The lowest BCUT2D eigenvalue weighted by molar-refractivity contribution is 0.0963. The summed E-state index contributed by atoms with van der Waals surface area (Å²) in [6.07, 6.45) is 2.92. The van der Waals surface area contributed by atoms with Gasteiger partial charge in [-0.2, -0.15) is 0 Å². The van der Waals surface area contributed by atoms with E-state index >= 15 is 0 Å². The molecular weight excluding hydrogens is 336 g/mol. The first-order valence-electron chi connectivity index (χ1n) is 9.84. The number of hydrogen-bond donors (Lipinski definition) is 2. The molecule has 1 aromatic heterocycles. The number of aromatic nitrogens is 1. The largest absolute Gasteiger partial charge is 0.367 e. The summed E-state index contributed by atoms with van der Waals surface area (Å²) in [7, 11) is 1.67. The van der Waals surface area contributed by atoms with E-state index in [2.05, 4.69) is 59.7 Å². The van der Waals surface area contributed by atoms with Crippen molar-refractivity contribution in [3.8, 4) is 0 Å². The molecule has 3 rings (SSSR count). The van der Waals surface area contributed by atoms with Crippen LogP contribution in [0.2, 0.25) is 0 Å². The summed E-state index contributed by atoms with van der Waals surface area (Å²) in [5.41, 5.74) is 4.34. The maximum absolute atomic E-state index is 12.3. The summed E-state index contributed by atoms with van der Waals surface area (Å²) in [6, 6.07) is 12.9. The molecule has 0 saturated heterocycles. The monoisotopic (exact) mass is 366 g/mol. The van der Waals surface area contributed by atoms with Crippen LogP contribution in [0.15, 0.2) is 36.4 Å². The number of carbonyl (C=O) groups is 1. The SMILES string of the molecule is CNC(=O)c1cc2c(nc1NC(C)C)CCN(CCc1ccccc1)CC2. The van der Waals surface area contributed by atoms with Crippen molar-refractivity contribution in [2.75, 3.05) is 32.0 Å². The average Bonchev–Trinajstić information content (AvgIpc) is 2.87. The second-order valence-electron chi connectivity index (χ2n) is 7.45. The van der Waals surface area contributed by atoms with Crippen LogP contribution in [0.5, 0.6) is 0 Å². The Morgan fingerprint density at radius 1 is 1.19 bits per heavy atom. The maximum atomic E-state index is 12.3. The number of rotatable bonds is 6. The molecule has 1 aliphatic rings. The van der Waals surface area contributed by atoms with E-state index in [0.29, 0.717) is 11.4 Å². The molecule has 0 spiro atoms. The molecule has 0 bridgehead atoms. The van der Waals surface area contributed by atoms with Crippen LogP contribution < -0.4 is 10.6 Å². The Hall–Kier alpha value is -2.40. The molecule has 0 atom stereocenters. The van der Waals surface area contributed by atoms with Gasteiger partial charge in [0.1, 0.15) is 5.82 Å². The number of fused-ring (bicyclic) bond motifs is 1. The molecule has 1 amide bonds. The fraction of sp³-hybridized carbons (Fsp3) is 0.455. The van der Waals surface area contributed by atoms with Crippen LogP contribution in [-0.4, -0.2) is 48.5 Å². The lowest BCUT2D eigenvalue weighted by Gasteiger charge is -2.19. The molecule has 0 radical (unpaired) electrons. The van der Waals surface area contributed by atoms with E-state index in [1.165, 1.54) is 11.1 Å². The summed E-state index contributed by atoms with van der Waals surface area (Å²) in [5.74, 6) is 0.611. The van der Waals surface area contributed by atoms with Crippen molar-refractivity contribution in [2.45, 2.75) is 39.2 Å². The molecule has 27 heavy (non-hydrogen) atoms. The Balaban J connectivity index is 1.73. The van der Waals surface area contributed by atoms with Crippen LogP contribution in [0.1, 0.15) is 41.0 Å². The third-order valence-electron chi connectivity index (χ3n) is 5.01. The summed E-state index contributed by atoms with van der Waals surface area (Å²) in [5, 5.41) is 6.07. The zero-order valence-corrected chi connectivity index (χ0v) is 16.6. The summed E-state index contributed by atoms with van der Waals surface area (Å²) in [6.45, 7) is 7.19. The van der Waals surface area contributed by atoms with E-state index in [9.17, 15) is 4.79 Å². The van der Waals surface area contributed by atoms with Gasteiger partial charge in [0.05, 0.1) is 5.56 Å². The topological polar surface area (TPSA) is 57.3 Å². The van der Waals surface area contributed by atoms with Gasteiger partial charge >= 0.3 is 0 Å². The van der Waals surface area contributed by atoms with Gasteiger partial charge in [0.2, 0.25) is 0 Å². The molecule has 2 heterocycles. The van der Waals surface area contributed by atoms with Crippen LogP contribution in [0.3, 0.4) is 0 Å². The van der Waals surface area contributed by atoms with Crippen molar-refractivity contribution in [3.05, 3.63) is 58.8 Å². The first-order valence-corrected chi connectivity index (χ1v) is 9.84. The predicted octanol–water partition coefficient (Wildman–Crippen LogP) is 2.90. The minimum absolute atomic E-state index is 0.0846. The fourth-order valence-corrected chi connectivity index (χ4v) is 3.53. The van der Waals surface area contributed by atoms with Gasteiger partial charge in [-0.25, -0.2) is 4.98 Å². The van der Waals surface area contributed by atoms with E-state index in [0.717, 1.165) is 44.6 Å². The highest BCUT2D eigenvalue weighted by molar-refractivity contribution is 5.98. The van der Waals surface area contributed by atoms with Gasteiger partial charge in [0.15, 0.2) is 0 Å². The number of hydrogen-bond acceptors (Lipinski definition) is 4. The molecule has 1 aliphatic heterocycles. The number of nitrogens with zero attached hydrogens (tertiary/aromatic N) is 2. The number of amides is 1. The van der Waals surface area contributed by atoms with Crippen molar-refractivity contribution < 1.29 is 4.79 Å². The Morgan fingerprint density at radius 2 is 1.93 bits per heavy atom. The van der Waals surface area contributed by atoms with Gasteiger partial charge < -0.3 is 15.5 Å². The van der Waals surface area contributed by atoms with Gasteiger partial charge in [0, 0.05) is 44.8 Å². The van der Waals surface area contributed by atoms with Gasteiger partial charge in [0.25, 0.3) is 5.91 Å². The fourth-order valence-electron chi connectivity index (χ4n) is 3.53. The normalized spacial score (nSPS) is 14.5. The molecule has 0 fully saturated rings. The second-order valence-corrected chi connectivity index (χ2v) is 7.45. The molecule has 5 heteroatoms. The van der Waals surface area contributed by atoms with Crippen molar-refractivity contribution in [1.82, 2.24) is 15.2 Å². The minimum atomic E-state index is -0.0846. The smallest absolute Gasteiger partial charge is 0.254 e. The highest BCUT2D eigenvalue weighted by Gasteiger charge is 2.20. The van der Waals surface area contributed by atoms with Crippen LogP contribution in [0.4, 0.5) is 5.82 Å². The van der Waals surface area contributed by atoms with Crippen molar-refractivity contribution in [2.24, 2.45) is 0 Å². The van der Waals surface area contributed by atoms with Gasteiger partial charge in [-0.15, -0.1) is 0 Å². The average molecular weight is 367 g/mol. The first kappa shape index (κ1) is 19.4. The number of carbonyl (C=O) groups excluding carboxylic acids is 1. The van der Waals surface area contributed by atoms with Crippen LogP contribution in [0, 0.1) is 0 Å². The molecule has 144 valence electrons. The Labute approximate surface area is 162 Å². The number of anilines is 1. The van der Waals surface area contributed by atoms with Crippen LogP contribution >= 0.6 is 0 Å². The Kier molecular flexibility index (Phi) is 6.45. The maximum Gasteiger partial charge on any atom is 0.254 e. The highest BCUT2D eigenvalue weighted by Crippen LogP contribution is 2.22. The van der Waals surface area contributed by atoms with E-state index in [1.807, 2.05) is 6.07 Å². The molecule has 2 N–H and O–H groups in total. The Bertz CT molecular complexity index is 773. The molecular formula is C22H30N4O. The minimum Gasteiger partial charge on any atom is -0.367 e. The van der Waals surface area contributed by atoms with Gasteiger partial charge in [-0.05, 0) is 43.9 Å². The zero-order chi connectivity index (χ0) is 19.2. The number of nitrogens with one attached hydrogen (secondary N) is 2. The van der Waals surface area contributed by atoms with Gasteiger partial charge in [-0.1, -0.05) is 30.3 Å². The molecule has 1 aromatic carbocycles. The molecule has 0 aliphatic carbocycles. The number of pyridine rings is 1. The van der Waals surface area contributed by atoms with Gasteiger partial charge in [-0.3, -0.25) is 4.79 Å². The first-order chi connectivity index (χ1) is 13.1. The third-order valence-corrected chi connectivity index (χ3v) is 5.01. The van der Waals surface area contributed by atoms with Crippen LogP contribution in [-0.2, 0) is 19.3 Å². The Morgan fingerprint density at radius 3 is 2.63 bits per heavy atom. The van der Waals surface area contributed by atoms with Crippen molar-refractivity contribution >= 4 is 11.7 Å². The van der Waals surface area contributed by atoms with Crippen molar-refractivity contribution in [3.63, 3.8) is 0 Å². The van der Waals surface area contributed by atoms with E-state index < -0.39 is 0 Å². The number of benzene rings is 1. The molecule has 5 nitrogen and oxygen atoms in total. The molecule has 2 aromatic rings. The van der Waals surface area contributed by atoms with Crippen molar-refractivity contribution in [1.29, 1.82) is 0 Å². The lowest BCUT2D eigenvalue weighted by atomic mass is 10.0. The second kappa shape index (κ2) is 9.00.